The van der Waals surface area contributed by atoms with E-state index in [4.69, 9.17) is 17.0 Å². The number of hydrogen-bond acceptors (Lipinski definition) is 4. The Balaban J connectivity index is 2.20. The van der Waals surface area contributed by atoms with E-state index in [-0.39, 0.29) is 6.61 Å². The third kappa shape index (κ3) is 2.92. The fraction of sp³-hybridized carbons (Fsp3) is 0.143. The molecule has 4 rings (SSSR count). The zero-order chi connectivity index (χ0) is 19.0. The average molecular weight is 394 g/mol. The molecule has 27 heavy (non-hydrogen) atoms. The van der Waals surface area contributed by atoms with Crippen LogP contribution in [0.15, 0.2) is 48.5 Å². The number of nitriles is 1. The normalized spacial score (nSPS) is 11.1. The molecule has 0 amide bonds. The molecule has 2 aromatic carbocycles. The van der Waals surface area contributed by atoms with Crippen LogP contribution in [-0.4, -0.2) is 16.1 Å². The molecule has 4 nitrogen and oxygen atoms in total. The molecule has 6 heteroatoms. The van der Waals surface area contributed by atoms with Crippen LogP contribution < -0.4 is 5.49 Å². The fourth-order valence-electron chi connectivity index (χ4n) is 3.46. The summed E-state index contributed by atoms with van der Waals surface area (Å²) in [7, 11) is 0. The Morgan fingerprint density at radius 1 is 1.19 bits per heavy atom. The molecule has 2 aromatic heterocycles. The minimum atomic E-state index is 0.0325. The molecule has 0 radical (unpaired) electrons. The summed E-state index contributed by atoms with van der Waals surface area (Å²) in [5.74, 6) is 0. The van der Waals surface area contributed by atoms with Gasteiger partial charge in [0.1, 0.15) is 16.4 Å². The predicted molar refractivity (Wildman–Crippen MR) is 109 cm³/mol. The van der Waals surface area contributed by atoms with E-state index < -0.39 is 0 Å². The van der Waals surface area contributed by atoms with E-state index in [0.29, 0.717) is 34.5 Å². The van der Waals surface area contributed by atoms with Gasteiger partial charge < -0.3 is 5.11 Å². The Morgan fingerprint density at radius 2 is 2.00 bits per heavy atom. The van der Waals surface area contributed by atoms with Gasteiger partial charge in [-0.2, -0.15) is 5.26 Å². The number of rotatable bonds is 4. The number of hydrogen-bond donors (Lipinski definition) is 2. The Bertz CT molecular complexity index is 1270. The molecule has 0 aliphatic carbocycles. The number of halogens is 1. The highest BCUT2D eigenvalue weighted by molar-refractivity contribution is 7.24. The highest BCUT2D eigenvalue weighted by atomic mass is 35.5. The summed E-state index contributed by atoms with van der Waals surface area (Å²) < 4.78 is 2.87. The zero-order valence-electron chi connectivity index (χ0n) is 14.4. The summed E-state index contributed by atoms with van der Waals surface area (Å²) in [4.78, 5) is 0.766. The highest BCUT2D eigenvalue weighted by Gasteiger charge is 2.20. The molecule has 0 saturated carbocycles. The van der Waals surface area contributed by atoms with Crippen molar-refractivity contribution < 1.29 is 5.11 Å². The van der Waals surface area contributed by atoms with Gasteiger partial charge in [0.05, 0.1) is 15.8 Å². The standard InChI is InChI=1S/C21H16ClN3OS/c22-14-6-3-5-13(11-14)19-15(7-4-10-26)16(12-23)21-25(20(19)24)17-8-1-2-9-18(17)27-21/h1-3,5-6,8-9,11,24,26H,4,7,10H2. The summed E-state index contributed by atoms with van der Waals surface area (Å²) in [5, 5.41) is 28.8. The fourth-order valence-corrected chi connectivity index (χ4v) is 4.82. The summed E-state index contributed by atoms with van der Waals surface area (Å²) in [5.41, 5.74) is 4.11. The number of fused-ring (bicyclic) bond motifs is 3. The molecule has 0 aliphatic rings. The van der Waals surface area contributed by atoms with Crippen molar-refractivity contribution in [2.45, 2.75) is 12.8 Å². The number of benzene rings is 2. The topological polar surface area (TPSA) is 72.3 Å². The zero-order valence-corrected chi connectivity index (χ0v) is 15.9. The first-order chi connectivity index (χ1) is 13.2. The van der Waals surface area contributed by atoms with E-state index in [0.717, 1.165) is 26.2 Å². The van der Waals surface area contributed by atoms with Gasteiger partial charge in [0.2, 0.25) is 0 Å². The number of aromatic nitrogens is 1. The molecule has 0 bridgehead atoms. The maximum atomic E-state index is 9.95. The van der Waals surface area contributed by atoms with E-state index in [1.54, 1.807) is 6.07 Å². The van der Waals surface area contributed by atoms with Gasteiger partial charge in [-0.05, 0) is 48.2 Å². The number of pyridine rings is 1. The van der Waals surface area contributed by atoms with Crippen LogP contribution in [0.5, 0.6) is 0 Å². The average Bonchev–Trinajstić information content (AvgIpc) is 3.06. The molecule has 0 spiro atoms. The van der Waals surface area contributed by atoms with Crippen molar-refractivity contribution in [3.8, 4) is 17.2 Å². The smallest absolute Gasteiger partial charge is 0.138 e. The van der Waals surface area contributed by atoms with Crippen molar-refractivity contribution in [1.29, 1.82) is 10.7 Å². The van der Waals surface area contributed by atoms with Crippen LogP contribution in [0, 0.1) is 16.7 Å². The Labute approximate surface area is 165 Å². The van der Waals surface area contributed by atoms with E-state index in [9.17, 15) is 10.4 Å². The van der Waals surface area contributed by atoms with Crippen molar-refractivity contribution in [3.63, 3.8) is 0 Å². The second kappa shape index (κ2) is 7.16. The number of nitrogens with one attached hydrogen (secondary N) is 1. The summed E-state index contributed by atoms with van der Waals surface area (Å²) >= 11 is 7.71. The molecule has 134 valence electrons. The van der Waals surface area contributed by atoms with Crippen LogP contribution >= 0.6 is 22.9 Å². The van der Waals surface area contributed by atoms with Crippen LogP contribution in [0.3, 0.4) is 0 Å². The van der Waals surface area contributed by atoms with E-state index in [2.05, 4.69) is 6.07 Å². The second-order valence-corrected chi connectivity index (χ2v) is 7.70. The first kappa shape index (κ1) is 17.7. The van der Waals surface area contributed by atoms with Gasteiger partial charge >= 0.3 is 0 Å². The molecule has 0 atom stereocenters. The summed E-state index contributed by atoms with van der Waals surface area (Å²) in [6, 6.07) is 17.6. The second-order valence-electron chi connectivity index (χ2n) is 6.24. The van der Waals surface area contributed by atoms with Gasteiger partial charge in [-0.1, -0.05) is 35.9 Å². The lowest BCUT2D eigenvalue weighted by atomic mass is 9.94. The van der Waals surface area contributed by atoms with E-state index in [1.807, 2.05) is 46.9 Å². The van der Waals surface area contributed by atoms with Crippen LogP contribution in [0.1, 0.15) is 17.5 Å². The SMILES string of the molecule is N#Cc1c(CCCO)c(-c2cccc(Cl)c2)c(=N)n2c1sc1ccccc12. The molecule has 2 N–H and O–H groups in total. The van der Waals surface area contributed by atoms with E-state index in [1.165, 1.54) is 11.3 Å². The summed E-state index contributed by atoms with van der Waals surface area (Å²) in [6.07, 6.45) is 1.06. The molecular weight excluding hydrogens is 378 g/mol. The quantitative estimate of drug-likeness (QED) is 0.525. The van der Waals surface area contributed by atoms with Crippen LogP contribution in [0.25, 0.3) is 26.2 Å². The first-order valence-electron chi connectivity index (χ1n) is 8.56. The van der Waals surface area contributed by atoms with Crippen LogP contribution in [0.4, 0.5) is 0 Å². The van der Waals surface area contributed by atoms with Gasteiger partial charge in [0.15, 0.2) is 0 Å². The minimum Gasteiger partial charge on any atom is -0.396 e. The Hall–Kier alpha value is -2.65. The Kier molecular flexibility index (Phi) is 4.71. The molecule has 0 unspecified atom stereocenters. The largest absolute Gasteiger partial charge is 0.396 e. The lowest BCUT2D eigenvalue weighted by Gasteiger charge is -2.14. The van der Waals surface area contributed by atoms with Gasteiger partial charge in [0, 0.05) is 17.2 Å². The third-order valence-corrected chi connectivity index (χ3v) is 5.98. The maximum absolute atomic E-state index is 9.95. The number of aliphatic hydroxyl groups excluding tert-OH is 1. The monoisotopic (exact) mass is 393 g/mol. The van der Waals surface area contributed by atoms with Gasteiger partial charge in [0.25, 0.3) is 0 Å². The lowest BCUT2D eigenvalue weighted by Crippen LogP contribution is -2.19. The molecule has 2 heterocycles. The summed E-state index contributed by atoms with van der Waals surface area (Å²) in [6.45, 7) is 0.0325. The van der Waals surface area contributed by atoms with Crippen molar-refractivity contribution in [1.82, 2.24) is 4.40 Å². The van der Waals surface area contributed by atoms with Crippen LogP contribution in [0.2, 0.25) is 5.02 Å². The molecule has 0 aliphatic heterocycles. The molecule has 4 aromatic rings. The Morgan fingerprint density at radius 3 is 2.74 bits per heavy atom. The third-order valence-electron chi connectivity index (χ3n) is 4.60. The van der Waals surface area contributed by atoms with E-state index >= 15 is 0 Å². The molecule has 0 fully saturated rings. The van der Waals surface area contributed by atoms with Crippen LogP contribution in [-0.2, 0) is 6.42 Å². The maximum Gasteiger partial charge on any atom is 0.138 e. The van der Waals surface area contributed by atoms with Crippen molar-refractivity contribution in [2.75, 3.05) is 6.61 Å². The molecular formula is C21H16ClN3OS. The lowest BCUT2D eigenvalue weighted by molar-refractivity contribution is 0.288. The van der Waals surface area contributed by atoms with Gasteiger partial charge in [-0.15, -0.1) is 11.3 Å². The number of thiazole rings is 1. The minimum absolute atomic E-state index is 0.0325. The number of para-hydroxylation sites is 1. The van der Waals surface area contributed by atoms with Crippen molar-refractivity contribution in [2.24, 2.45) is 0 Å². The van der Waals surface area contributed by atoms with Gasteiger partial charge in [-0.3, -0.25) is 9.81 Å². The van der Waals surface area contributed by atoms with Gasteiger partial charge in [-0.25, -0.2) is 0 Å². The number of nitrogens with zero attached hydrogens (tertiary/aromatic N) is 2. The van der Waals surface area contributed by atoms with Crippen molar-refractivity contribution >= 4 is 38.0 Å². The predicted octanol–water partition coefficient (Wildman–Crippen LogP) is 4.75. The molecule has 0 saturated heterocycles. The van der Waals surface area contributed by atoms with Crippen molar-refractivity contribution in [3.05, 3.63) is 70.2 Å². The first-order valence-corrected chi connectivity index (χ1v) is 9.75. The number of aliphatic hydroxyl groups is 1. The highest BCUT2D eigenvalue weighted by Crippen LogP contribution is 2.34.